The van der Waals surface area contributed by atoms with E-state index in [9.17, 15) is 45.9 Å². The fourth-order valence-electron chi connectivity index (χ4n) is 7.82. The molecule has 0 saturated heterocycles. The Balaban J connectivity index is 0.000000601. The smallest absolute Gasteiger partial charge is 0.253 e. The van der Waals surface area contributed by atoms with E-state index < -0.39 is 0 Å². The Morgan fingerprint density at radius 2 is 0.740 bits per heavy atom. The molecule has 526 valence electrons. The highest BCUT2D eigenvalue weighted by atomic mass is 19.1. The monoisotopic (exact) mass is 1340 g/mol. The molecule has 0 heterocycles. The third kappa shape index (κ3) is 31.0. The van der Waals surface area contributed by atoms with Crippen molar-refractivity contribution in [3.05, 3.63) is 208 Å². The Morgan fingerprint density at radius 3 is 1.03 bits per heavy atom. The molecule has 5 aromatic rings. The Morgan fingerprint density at radius 1 is 0.417 bits per heavy atom. The number of halogens is 5. The van der Waals surface area contributed by atoms with Crippen LogP contribution in [0.1, 0.15) is 165 Å². The van der Waals surface area contributed by atoms with Gasteiger partial charge in [0.25, 0.3) is 23.6 Å². The van der Waals surface area contributed by atoms with Crippen LogP contribution in [-0.2, 0) is 0 Å². The van der Waals surface area contributed by atoms with Crippen LogP contribution in [0.3, 0.4) is 0 Å². The molecule has 0 spiro atoms. The van der Waals surface area contributed by atoms with Gasteiger partial charge in [-0.1, -0.05) is 41.5 Å². The highest BCUT2D eigenvalue weighted by molar-refractivity contribution is 5.97. The summed E-state index contributed by atoms with van der Waals surface area (Å²) < 4.78 is 89.0. The molecule has 15 nitrogen and oxygen atoms in total. The number of ketones is 1. The van der Waals surface area contributed by atoms with Crippen molar-refractivity contribution in [2.24, 2.45) is 5.73 Å². The highest BCUT2D eigenvalue weighted by Crippen LogP contribution is 2.22. The van der Waals surface area contributed by atoms with E-state index in [1.165, 1.54) is 4.90 Å². The normalized spacial score (nSPS) is 11.7. The van der Waals surface area contributed by atoms with Crippen molar-refractivity contribution in [1.29, 1.82) is 0 Å². The van der Waals surface area contributed by atoms with Gasteiger partial charge in [-0.05, 0) is 210 Å². The van der Waals surface area contributed by atoms with Crippen LogP contribution in [0.15, 0.2) is 175 Å². The number of ether oxygens (including phenoxy) is 5. The van der Waals surface area contributed by atoms with Gasteiger partial charge in [-0.25, -0.2) is 22.0 Å². The summed E-state index contributed by atoms with van der Waals surface area (Å²) in [6, 6.07) is 33.0. The molecule has 2 N–H and O–H groups in total. The Kier molecular flexibility index (Phi) is 43.0. The van der Waals surface area contributed by atoms with Crippen LogP contribution in [0, 0.1) is 6.92 Å². The maximum absolute atomic E-state index is 12.4. The van der Waals surface area contributed by atoms with Gasteiger partial charge in [0.1, 0.15) is 61.8 Å². The topological polar surface area (TPSA) is 170 Å². The second-order valence-electron chi connectivity index (χ2n) is 21.9. The van der Waals surface area contributed by atoms with Gasteiger partial charge in [-0.3, -0.25) is 24.0 Å². The van der Waals surface area contributed by atoms with Gasteiger partial charge in [0.05, 0.1) is 31.6 Å². The van der Waals surface area contributed by atoms with E-state index in [4.69, 9.17) is 29.4 Å². The molecule has 96 heavy (non-hydrogen) atoms. The molecular weight excluding hydrogens is 1240 g/mol. The molecule has 20 heteroatoms. The summed E-state index contributed by atoms with van der Waals surface area (Å²) in [5, 5.41) is 0. The minimum atomic E-state index is -0.0399. The number of rotatable bonds is 31. The van der Waals surface area contributed by atoms with Crippen molar-refractivity contribution >= 4 is 29.4 Å². The van der Waals surface area contributed by atoms with Crippen molar-refractivity contribution in [3.63, 3.8) is 0 Å². The molecule has 4 amide bonds. The third-order valence-electron chi connectivity index (χ3n) is 15.1. The van der Waals surface area contributed by atoms with Gasteiger partial charge in [-0.2, -0.15) is 0 Å². The molecule has 0 radical (unpaired) electrons. The lowest BCUT2D eigenvalue weighted by Gasteiger charge is -2.23. The summed E-state index contributed by atoms with van der Waals surface area (Å²) in [7, 11) is 6.98. The molecule has 1 unspecified atom stereocenters. The van der Waals surface area contributed by atoms with E-state index in [2.05, 4.69) is 0 Å². The predicted molar refractivity (Wildman–Crippen MR) is 375 cm³/mol. The number of hydrogen-bond donors (Lipinski definition) is 1. The second kappa shape index (κ2) is 48.6. The number of nitrogens with zero attached hydrogens (tertiary/aromatic N) is 4. The molecule has 5 rings (SSSR count). The zero-order valence-corrected chi connectivity index (χ0v) is 58.9. The van der Waals surface area contributed by atoms with E-state index in [1.54, 1.807) is 158 Å². The zero-order chi connectivity index (χ0) is 72.1. The molecule has 0 aliphatic carbocycles. The summed E-state index contributed by atoms with van der Waals surface area (Å²) in [5.74, 6) is 3.15. The molecule has 1 atom stereocenters. The van der Waals surface area contributed by atoms with E-state index in [0.29, 0.717) is 168 Å². The van der Waals surface area contributed by atoms with Gasteiger partial charge in [-0.15, -0.1) is 0 Å². The zero-order valence-electron chi connectivity index (χ0n) is 58.9. The molecule has 0 fully saturated rings. The van der Waals surface area contributed by atoms with Crippen LogP contribution in [0.2, 0.25) is 0 Å². The van der Waals surface area contributed by atoms with Crippen LogP contribution < -0.4 is 29.4 Å². The fourth-order valence-corrected chi connectivity index (χ4v) is 7.82. The third-order valence-corrected chi connectivity index (χ3v) is 15.1. The van der Waals surface area contributed by atoms with Crippen LogP contribution in [0.4, 0.5) is 22.0 Å². The van der Waals surface area contributed by atoms with E-state index in [1.807, 2.05) is 76.2 Å². The summed E-state index contributed by atoms with van der Waals surface area (Å²) >= 11 is 0. The molecule has 5 aromatic carbocycles. The van der Waals surface area contributed by atoms with Crippen molar-refractivity contribution < 1.29 is 69.6 Å². The molecule has 0 bridgehead atoms. The first kappa shape index (κ1) is 85.0. The van der Waals surface area contributed by atoms with Crippen LogP contribution in [0.25, 0.3) is 0 Å². The number of aryl methyl sites for hydroxylation is 1. The number of benzene rings is 5. The molecule has 0 aliphatic heterocycles. The van der Waals surface area contributed by atoms with Crippen LogP contribution in [-0.4, -0.2) is 142 Å². The number of carbonyl (C=O) groups is 5. The van der Waals surface area contributed by atoms with Gasteiger partial charge in [0.15, 0.2) is 5.78 Å². The number of carbonyl (C=O) groups excluding carboxylic acids is 5. The van der Waals surface area contributed by atoms with E-state index in [0.717, 1.165) is 12.0 Å². The number of nitrogens with two attached hydrogens (primary N) is 1. The average molecular weight is 1340 g/mol. The van der Waals surface area contributed by atoms with Crippen LogP contribution >= 0.6 is 0 Å². The predicted octanol–water partition coefficient (Wildman–Crippen LogP) is 17.2. The van der Waals surface area contributed by atoms with E-state index in [-0.39, 0.29) is 75.0 Å². The minimum absolute atomic E-state index is 0.0134. The van der Waals surface area contributed by atoms with Crippen LogP contribution in [0.5, 0.6) is 28.7 Å². The van der Waals surface area contributed by atoms with Gasteiger partial charge in [0, 0.05) is 100 Å². The first-order chi connectivity index (χ1) is 46.0. The number of hydrogen-bond acceptors (Lipinski definition) is 11. The Labute approximate surface area is 567 Å². The summed E-state index contributed by atoms with van der Waals surface area (Å²) in [5.41, 5.74) is 12.2. The average Bonchev–Trinajstić information content (AvgIpc) is 1.10. The number of Topliss-reactive ketones (excluding diaryl/α,β-unsaturated/α-hetero) is 1. The maximum atomic E-state index is 12.4. The lowest BCUT2D eigenvalue weighted by Crippen LogP contribution is -2.34. The van der Waals surface area contributed by atoms with Gasteiger partial charge >= 0.3 is 0 Å². The fraction of sp³-hybridized carbons (Fsp3) is 0.408. The molecule has 0 aliphatic rings. The minimum Gasteiger partial charge on any atom is -0.489 e. The molecule has 0 saturated carbocycles. The summed E-state index contributed by atoms with van der Waals surface area (Å²) in [4.78, 5) is 66.1. The molecule has 0 aromatic heterocycles. The van der Waals surface area contributed by atoms with E-state index >= 15 is 0 Å². The highest BCUT2D eigenvalue weighted by Gasteiger charge is 2.18. The van der Waals surface area contributed by atoms with Crippen molar-refractivity contribution in [2.75, 3.05) is 87.4 Å². The second-order valence-corrected chi connectivity index (χ2v) is 21.9. The van der Waals surface area contributed by atoms with Gasteiger partial charge < -0.3 is 49.0 Å². The Bertz CT molecular complexity index is 3260. The van der Waals surface area contributed by atoms with Crippen molar-refractivity contribution in [1.82, 2.24) is 19.6 Å². The summed E-state index contributed by atoms with van der Waals surface area (Å²) in [6.07, 6.45) is 6.65. The molecular formula is C76H102F5N5O10. The van der Waals surface area contributed by atoms with Crippen molar-refractivity contribution in [3.8, 4) is 28.7 Å². The summed E-state index contributed by atoms with van der Waals surface area (Å²) in [6.45, 7) is 24.3. The SMILES string of the molecule is CC/C(=C/F)COc1ccc(C(=O)N(C)C)c(C)c1.CC/C(=C/F)COc1ccc(C(=O)N(C)CC)cc1.CC/C(=C\F)COc1ccc(C(=O)N(CC)CC)cc1.CCC(=O)c1ccc(OC/C(=C/F)CC)cc1.CCC(C)N(C)C(=O)c1ccc(OC/C(=C\F)CN)cc1. The quantitative estimate of drug-likeness (QED) is 0.0331. The number of amides is 4. The lowest BCUT2D eigenvalue weighted by molar-refractivity contribution is 0.0737. The largest absolute Gasteiger partial charge is 0.489 e. The standard InChI is InChI=1S/C16H23FN2O2.C16H22FNO2.2C15H20FNO2.C14H17FO2/c1-4-12(2)19(3)16(20)14-5-7-15(8-6-14)21-11-13(9-17)10-18;1-4-13(11-17)12-20-15-9-7-14(8-10-15)16(19)18(5-2)6-3;1-5-12(9-16)10-19-13-6-7-14(11(2)8-13)15(18)17(3)4;1-4-12(10-16)11-19-14-8-6-13(7-9-14)15(18)17(3)5-2;1-3-11(9-15)10-17-13-7-5-12(6-8-13)14(16)4-2/h5-9,12H,4,10-11,18H2,1-3H3;7-11H,4-6,12H2,1-3H3;6-9H,5,10H2,1-4H3;6-10H,4-5,11H2,1-3H3;5-9H,3-4,10H2,1-2H3/b13-9-;13-11+;12-9-;12-10-;11-9+. The lowest BCUT2D eigenvalue weighted by atomic mass is 10.1. The first-order valence-electron chi connectivity index (χ1n) is 32.3. The van der Waals surface area contributed by atoms with Crippen molar-refractivity contribution in [2.45, 2.75) is 121 Å². The Hall–Kier alpha value is -9.04. The maximum Gasteiger partial charge on any atom is 0.253 e. The van der Waals surface area contributed by atoms with Gasteiger partial charge in [0.2, 0.25) is 0 Å². The first-order valence-corrected chi connectivity index (χ1v) is 32.3.